The Morgan fingerprint density at radius 2 is 1.67 bits per heavy atom. The standard InChI is InChI=1S/C11H20N4O5S/c1-21-3-2-7(11(19)20)15-10(18)6-14-9(17)5-13-8(16)4-12/h7H,2-6,12H2,1H3,(H,13,16)(H,14,17)(H,15,18)(H,19,20)/t7-/m0/s1. The van der Waals surface area contributed by atoms with Crippen LogP contribution in [-0.4, -0.2) is 66.5 Å². The van der Waals surface area contributed by atoms with Crippen LogP contribution in [0, 0.1) is 0 Å². The van der Waals surface area contributed by atoms with Crippen LogP contribution >= 0.6 is 11.8 Å². The van der Waals surface area contributed by atoms with Crippen LogP contribution in [0.4, 0.5) is 0 Å². The average Bonchev–Trinajstić information content (AvgIpc) is 2.46. The van der Waals surface area contributed by atoms with Gasteiger partial charge in [-0.25, -0.2) is 4.79 Å². The van der Waals surface area contributed by atoms with Gasteiger partial charge >= 0.3 is 5.97 Å². The van der Waals surface area contributed by atoms with Gasteiger partial charge in [0, 0.05) is 0 Å². The van der Waals surface area contributed by atoms with Crippen LogP contribution in [0.2, 0.25) is 0 Å². The molecule has 0 aliphatic heterocycles. The molecular weight excluding hydrogens is 300 g/mol. The fourth-order valence-electron chi connectivity index (χ4n) is 1.23. The fraction of sp³-hybridized carbons (Fsp3) is 0.636. The quantitative estimate of drug-likeness (QED) is 0.298. The highest BCUT2D eigenvalue weighted by molar-refractivity contribution is 7.98. The second-order valence-electron chi connectivity index (χ2n) is 4.00. The summed E-state index contributed by atoms with van der Waals surface area (Å²) in [6.45, 7) is -0.887. The number of thioether (sulfide) groups is 1. The normalized spacial score (nSPS) is 11.3. The lowest BCUT2D eigenvalue weighted by Crippen LogP contribution is -2.47. The van der Waals surface area contributed by atoms with Crippen LogP contribution in [-0.2, 0) is 19.2 Å². The number of hydrogen-bond donors (Lipinski definition) is 5. The summed E-state index contributed by atoms with van der Waals surface area (Å²) in [6, 6.07) is -0.987. The molecular formula is C11H20N4O5S. The highest BCUT2D eigenvalue weighted by Crippen LogP contribution is 2.00. The number of amides is 3. The molecule has 0 saturated carbocycles. The first-order valence-electron chi connectivity index (χ1n) is 6.15. The SMILES string of the molecule is CSCC[C@H](NC(=O)CNC(=O)CNC(=O)CN)C(=O)O. The minimum Gasteiger partial charge on any atom is -0.480 e. The van der Waals surface area contributed by atoms with Gasteiger partial charge in [-0.05, 0) is 18.4 Å². The Labute approximate surface area is 126 Å². The third-order valence-electron chi connectivity index (χ3n) is 2.32. The third-order valence-corrected chi connectivity index (χ3v) is 2.97. The van der Waals surface area contributed by atoms with Crippen molar-refractivity contribution in [2.24, 2.45) is 5.73 Å². The van der Waals surface area contributed by atoms with Crippen molar-refractivity contribution in [3.63, 3.8) is 0 Å². The predicted molar refractivity (Wildman–Crippen MR) is 77.6 cm³/mol. The maximum Gasteiger partial charge on any atom is 0.326 e. The Hall–Kier alpha value is -1.81. The van der Waals surface area contributed by atoms with E-state index in [0.717, 1.165) is 0 Å². The van der Waals surface area contributed by atoms with Crippen molar-refractivity contribution in [3.8, 4) is 0 Å². The number of nitrogens with two attached hydrogens (primary N) is 1. The van der Waals surface area contributed by atoms with Crippen molar-refractivity contribution >= 4 is 35.5 Å². The van der Waals surface area contributed by atoms with Crippen molar-refractivity contribution in [1.29, 1.82) is 0 Å². The summed E-state index contributed by atoms with van der Waals surface area (Å²) in [5.74, 6) is -2.20. The Bertz CT molecular complexity index is 391. The minimum absolute atomic E-state index is 0.233. The minimum atomic E-state index is -1.13. The zero-order valence-electron chi connectivity index (χ0n) is 11.7. The van der Waals surface area contributed by atoms with E-state index in [0.29, 0.717) is 12.2 Å². The van der Waals surface area contributed by atoms with Crippen molar-refractivity contribution in [3.05, 3.63) is 0 Å². The first-order chi connectivity index (χ1) is 9.90. The molecule has 120 valence electrons. The number of aliphatic carboxylic acids is 1. The molecule has 0 bridgehead atoms. The maximum atomic E-state index is 11.5. The molecule has 0 heterocycles. The molecule has 0 aromatic rings. The van der Waals surface area contributed by atoms with Crippen LogP contribution < -0.4 is 21.7 Å². The summed E-state index contributed by atoms with van der Waals surface area (Å²) in [6.07, 6.45) is 2.12. The molecule has 0 radical (unpaired) electrons. The molecule has 0 aliphatic rings. The zero-order chi connectivity index (χ0) is 16.3. The predicted octanol–water partition coefficient (Wildman–Crippen LogP) is -2.50. The Kier molecular flexibility index (Phi) is 9.98. The van der Waals surface area contributed by atoms with Gasteiger partial charge in [0.15, 0.2) is 0 Å². The van der Waals surface area contributed by atoms with Gasteiger partial charge < -0.3 is 26.8 Å². The van der Waals surface area contributed by atoms with E-state index in [1.54, 1.807) is 0 Å². The molecule has 3 amide bonds. The molecule has 0 aromatic carbocycles. The summed E-state index contributed by atoms with van der Waals surface area (Å²) < 4.78 is 0. The molecule has 1 atom stereocenters. The molecule has 0 fully saturated rings. The Morgan fingerprint density at radius 3 is 2.19 bits per heavy atom. The van der Waals surface area contributed by atoms with E-state index in [1.165, 1.54) is 11.8 Å². The van der Waals surface area contributed by atoms with E-state index in [-0.39, 0.29) is 19.6 Å². The van der Waals surface area contributed by atoms with Crippen molar-refractivity contribution in [1.82, 2.24) is 16.0 Å². The lowest BCUT2D eigenvalue weighted by molar-refractivity contribution is -0.141. The van der Waals surface area contributed by atoms with Gasteiger partial charge in [0.1, 0.15) is 6.04 Å². The molecule has 21 heavy (non-hydrogen) atoms. The van der Waals surface area contributed by atoms with Crippen LogP contribution in [0.15, 0.2) is 0 Å². The number of hydrogen-bond acceptors (Lipinski definition) is 6. The summed E-state index contributed by atoms with van der Waals surface area (Å²) in [5.41, 5.74) is 5.04. The van der Waals surface area contributed by atoms with Gasteiger partial charge in [-0.2, -0.15) is 11.8 Å². The lowest BCUT2D eigenvalue weighted by Gasteiger charge is -2.14. The highest BCUT2D eigenvalue weighted by Gasteiger charge is 2.19. The second-order valence-corrected chi connectivity index (χ2v) is 4.98. The topological polar surface area (TPSA) is 151 Å². The molecule has 0 unspecified atom stereocenters. The maximum absolute atomic E-state index is 11.5. The van der Waals surface area contributed by atoms with E-state index in [9.17, 15) is 19.2 Å². The Morgan fingerprint density at radius 1 is 1.10 bits per heavy atom. The van der Waals surface area contributed by atoms with Crippen LogP contribution in [0.1, 0.15) is 6.42 Å². The summed E-state index contributed by atoms with van der Waals surface area (Å²) in [7, 11) is 0. The summed E-state index contributed by atoms with van der Waals surface area (Å²) in [4.78, 5) is 44.5. The van der Waals surface area contributed by atoms with Gasteiger partial charge in [-0.1, -0.05) is 0 Å². The number of rotatable bonds is 10. The first-order valence-corrected chi connectivity index (χ1v) is 7.54. The van der Waals surface area contributed by atoms with Gasteiger partial charge in [-0.15, -0.1) is 0 Å². The van der Waals surface area contributed by atoms with Gasteiger partial charge in [-0.3, -0.25) is 14.4 Å². The van der Waals surface area contributed by atoms with E-state index in [2.05, 4.69) is 16.0 Å². The fourth-order valence-corrected chi connectivity index (χ4v) is 1.70. The molecule has 9 nitrogen and oxygen atoms in total. The third kappa shape index (κ3) is 9.68. The molecule has 0 aromatic heterocycles. The molecule has 0 aliphatic carbocycles. The zero-order valence-corrected chi connectivity index (χ0v) is 12.5. The Balaban J connectivity index is 4.03. The number of carbonyl (C=O) groups is 4. The van der Waals surface area contributed by atoms with E-state index in [1.807, 2.05) is 6.26 Å². The van der Waals surface area contributed by atoms with Crippen LogP contribution in [0.25, 0.3) is 0 Å². The van der Waals surface area contributed by atoms with E-state index >= 15 is 0 Å². The van der Waals surface area contributed by atoms with Gasteiger partial charge in [0.05, 0.1) is 19.6 Å². The number of nitrogens with one attached hydrogen (secondary N) is 3. The van der Waals surface area contributed by atoms with Crippen molar-refractivity contribution < 1.29 is 24.3 Å². The molecule has 0 saturated heterocycles. The summed E-state index contributed by atoms with van der Waals surface area (Å²) in [5, 5.41) is 15.7. The highest BCUT2D eigenvalue weighted by atomic mass is 32.2. The monoisotopic (exact) mass is 320 g/mol. The largest absolute Gasteiger partial charge is 0.480 e. The molecule has 6 N–H and O–H groups in total. The van der Waals surface area contributed by atoms with Gasteiger partial charge in [0.25, 0.3) is 0 Å². The van der Waals surface area contributed by atoms with E-state index in [4.69, 9.17) is 10.8 Å². The number of carbonyl (C=O) groups excluding carboxylic acids is 3. The number of carboxylic acid groups (broad SMARTS) is 1. The molecule has 0 rings (SSSR count). The van der Waals surface area contributed by atoms with Gasteiger partial charge in [0.2, 0.25) is 17.7 Å². The first kappa shape index (κ1) is 19.2. The molecule has 10 heteroatoms. The summed E-state index contributed by atoms with van der Waals surface area (Å²) >= 11 is 1.47. The van der Waals surface area contributed by atoms with Crippen molar-refractivity contribution in [2.75, 3.05) is 31.6 Å². The second kappa shape index (κ2) is 10.9. The van der Waals surface area contributed by atoms with Crippen LogP contribution in [0.3, 0.4) is 0 Å². The van der Waals surface area contributed by atoms with E-state index < -0.39 is 29.7 Å². The number of carboxylic acids is 1. The average molecular weight is 320 g/mol. The molecule has 0 spiro atoms. The van der Waals surface area contributed by atoms with Crippen molar-refractivity contribution in [2.45, 2.75) is 12.5 Å². The van der Waals surface area contributed by atoms with Crippen LogP contribution in [0.5, 0.6) is 0 Å². The lowest BCUT2D eigenvalue weighted by atomic mass is 10.2. The smallest absolute Gasteiger partial charge is 0.326 e.